The molecule has 3 heterocycles. The Balaban J connectivity index is 1.29. The van der Waals surface area contributed by atoms with Crippen LogP contribution < -0.4 is 0 Å². The smallest absolute Gasteiger partial charge is 0.161 e. The molecule has 4 heteroatoms. The number of hydrogen-bond acceptors (Lipinski definition) is 4. The molecule has 44 heavy (non-hydrogen) atoms. The molecule has 0 amide bonds. The van der Waals surface area contributed by atoms with E-state index in [9.17, 15) is 0 Å². The zero-order valence-corrected chi connectivity index (χ0v) is 24.4. The first-order valence-electron chi connectivity index (χ1n) is 14.7. The molecular weight excluding hydrogens is 557 g/mol. The lowest BCUT2D eigenvalue weighted by Crippen LogP contribution is -1.94. The summed E-state index contributed by atoms with van der Waals surface area (Å²) in [5, 5.41) is 3.24. The zero-order valence-electron chi connectivity index (χ0n) is 23.6. The van der Waals surface area contributed by atoms with E-state index in [2.05, 4.69) is 121 Å². The van der Waals surface area contributed by atoms with Crippen LogP contribution in [-0.4, -0.2) is 9.97 Å². The lowest BCUT2D eigenvalue weighted by atomic mass is 10.00. The Labute approximate surface area is 257 Å². The average Bonchev–Trinajstić information content (AvgIpc) is 3.67. The second-order valence-electron chi connectivity index (χ2n) is 11.0. The fraction of sp³-hybridized carbons (Fsp3) is 0. The minimum absolute atomic E-state index is 0.696. The highest BCUT2D eigenvalue weighted by atomic mass is 32.1. The number of hydrogen-bond donors (Lipinski definition) is 0. The van der Waals surface area contributed by atoms with Crippen LogP contribution in [0.3, 0.4) is 0 Å². The summed E-state index contributed by atoms with van der Waals surface area (Å²) in [4.78, 5) is 10.6. The SMILES string of the molecule is c1ccc(-c2ccc(-c3nc(-c4cccc5oc6ccc(-c7ccccc7)cc6c45)nc4c3sc3ccccc34)cc2)cc1. The Morgan fingerprint density at radius 3 is 1.93 bits per heavy atom. The summed E-state index contributed by atoms with van der Waals surface area (Å²) in [6, 6.07) is 50.7. The van der Waals surface area contributed by atoms with Crippen molar-refractivity contribution in [2.45, 2.75) is 0 Å². The highest BCUT2D eigenvalue weighted by Gasteiger charge is 2.20. The first-order chi connectivity index (χ1) is 21.8. The quantitative estimate of drug-likeness (QED) is 0.208. The third kappa shape index (κ3) is 4.03. The molecule has 3 nitrogen and oxygen atoms in total. The number of aromatic nitrogens is 2. The number of benzene rings is 6. The minimum Gasteiger partial charge on any atom is -0.456 e. The topological polar surface area (TPSA) is 38.9 Å². The van der Waals surface area contributed by atoms with Gasteiger partial charge in [-0.2, -0.15) is 0 Å². The Morgan fingerprint density at radius 1 is 0.477 bits per heavy atom. The molecule has 0 aliphatic heterocycles. The lowest BCUT2D eigenvalue weighted by molar-refractivity contribution is 0.669. The molecule has 0 N–H and O–H groups in total. The largest absolute Gasteiger partial charge is 0.456 e. The summed E-state index contributed by atoms with van der Waals surface area (Å²) in [7, 11) is 0. The molecule has 0 radical (unpaired) electrons. The molecule has 206 valence electrons. The van der Waals surface area contributed by atoms with Gasteiger partial charge in [0.15, 0.2) is 5.82 Å². The van der Waals surface area contributed by atoms with Gasteiger partial charge < -0.3 is 4.42 Å². The standard InChI is InChI=1S/C40H24N2OS/c1-3-10-25(11-4-1)27-18-20-28(21-19-27)37-39-38(30-14-7-8-17-35(30)44-39)42-40(41-37)31-15-9-16-34-36(31)32-24-29(22-23-33(32)43-34)26-12-5-2-6-13-26/h1-24H. The highest BCUT2D eigenvalue weighted by Crippen LogP contribution is 2.42. The van der Waals surface area contributed by atoms with Crippen molar-refractivity contribution in [3.05, 3.63) is 146 Å². The Hall–Kier alpha value is -5.58. The number of nitrogens with zero attached hydrogens (tertiary/aromatic N) is 2. The van der Waals surface area contributed by atoms with E-state index in [-0.39, 0.29) is 0 Å². The first-order valence-corrected chi connectivity index (χ1v) is 15.5. The van der Waals surface area contributed by atoms with Gasteiger partial charge in [0.25, 0.3) is 0 Å². The second kappa shape index (κ2) is 10.0. The molecule has 9 aromatic rings. The van der Waals surface area contributed by atoms with Gasteiger partial charge in [-0.15, -0.1) is 11.3 Å². The van der Waals surface area contributed by atoms with E-state index < -0.39 is 0 Å². The van der Waals surface area contributed by atoms with E-state index >= 15 is 0 Å². The molecule has 6 aromatic carbocycles. The predicted octanol–water partition coefficient (Wildman–Crippen LogP) is 11.4. The zero-order chi connectivity index (χ0) is 29.0. The van der Waals surface area contributed by atoms with Gasteiger partial charge in [0.05, 0.1) is 15.9 Å². The minimum atomic E-state index is 0.696. The van der Waals surface area contributed by atoms with Crippen LogP contribution in [-0.2, 0) is 0 Å². The first kappa shape index (κ1) is 25.0. The van der Waals surface area contributed by atoms with E-state index in [1.165, 1.54) is 21.4 Å². The maximum atomic E-state index is 6.36. The molecule has 3 aromatic heterocycles. The lowest BCUT2D eigenvalue weighted by Gasteiger charge is -2.09. The molecule has 0 aliphatic carbocycles. The van der Waals surface area contributed by atoms with Crippen LogP contribution in [0.2, 0.25) is 0 Å². The van der Waals surface area contributed by atoms with Crippen LogP contribution in [0.5, 0.6) is 0 Å². The normalized spacial score (nSPS) is 11.6. The van der Waals surface area contributed by atoms with Gasteiger partial charge in [0.2, 0.25) is 0 Å². The maximum absolute atomic E-state index is 6.36. The Bertz CT molecular complexity index is 2480. The summed E-state index contributed by atoms with van der Waals surface area (Å²) in [6.45, 7) is 0. The van der Waals surface area contributed by atoms with E-state index in [1.54, 1.807) is 11.3 Å². The Morgan fingerprint density at radius 2 is 1.14 bits per heavy atom. The molecule has 0 spiro atoms. The summed E-state index contributed by atoms with van der Waals surface area (Å²) in [6.07, 6.45) is 0. The van der Waals surface area contributed by atoms with Crippen LogP contribution in [0.25, 0.3) is 87.1 Å². The van der Waals surface area contributed by atoms with Crippen molar-refractivity contribution < 1.29 is 4.42 Å². The van der Waals surface area contributed by atoms with Crippen molar-refractivity contribution in [2.75, 3.05) is 0 Å². The summed E-state index contributed by atoms with van der Waals surface area (Å²) in [5.74, 6) is 0.696. The van der Waals surface area contributed by atoms with Crippen molar-refractivity contribution in [1.82, 2.24) is 9.97 Å². The van der Waals surface area contributed by atoms with Crippen LogP contribution in [0, 0.1) is 0 Å². The van der Waals surface area contributed by atoms with Crippen LogP contribution in [0.1, 0.15) is 0 Å². The van der Waals surface area contributed by atoms with Crippen molar-refractivity contribution >= 4 is 53.6 Å². The van der Waals surface area contributed by atoms with Gasteiger partial charge in [-0.25, -0.2) is 9.97 Å². The molecule has 9 rings (SSSR count). The predicted molar refractivity (Wildman–Crippen MR) is 184 cm³/mol. The van der Waals surface area contributed by atoms with E-state index in [0.717, 1.165) is 59.9 Å². The van der Waals surface area contributed by atoms with Gasteiger partial charge in [-0.1, -0.05) is 121 Å². The van der Waals surface area contributed by atoms with Crippen molar-refractivity contribution in [2.24, 2.45) is 0 Å². The van der Waals surface area contributed by atoms with Crippen LogP contribution in [0.15, 0.2) is 150 Å². The maximum Gasteiger partial charge on any atom is 0.161 e. The fourth-order valence-electron chi connectivity index (χ4n) is 6.18. The fourth-order valence-corrected chi connectivity index (χ4v) is 7.34. The number of furan rings is 1. The molecule has 0 fully saturated rings. The van der Waals surface area contributed by atoms with Crippen molar-refractivity contribution in [3.63, 3.8) is 0 Å². The molecule has 0 saturated carbocycles. The van der Waals surface area contributed by atoms with Gasteiger partial charge in [-0.05, 0) is 46.5 Å². The second-order valence-corrected chi connectivity index (χ2v) is 12.0. The number of rotatable bonds is 4. The summed E-state index contributed by atoms with van der Waals surface area (Å²) in [5.41, 5.74) is 10.3. The summed E-state index contributed by atoms with van der Waals surface area (Å²) < 4.78 is 8.66. The molecular formula is C40H24N2OS. The van der Waals surface area contributed by atoms with Crippen molar-refractivity contribution in [3.8, 4) is 44.9 Å². The average molecular weight is 581 g/mol. The third-order valence-corrected chi connectivity index (χ3v) is 9.50. The summed E-state index contributed by atoms with van der Waals surface area (Å²) >= 11 is 1.75. The van der Waals surface area contributed by atoms with Gasteiger partial charge in [-0.3, -0.25) is 0 Å². The van der Waals surface area contributed by atoms with Crippen molar-refractivity contribution in [1.29, 1.82) is 0 Å². The van der Waals surface area contributed by atoms with E-state index in [1.807, 2.05) is 24.3 Å². The number of fused-ring (bicyclic) bond motifs is 6. The van der Waals surface area contributed by atoms with Crippen LogP contribution >= 0.6 is 11.3 Å². The third-order valence-electron chi connectivity index (χ3n) is 8.33. The molecule has 0 aliphatic rings. The Kier molecular flexibility index (Phi) is 5.68. The monoisotopic (exact) mass is 580 g/mol. The van der Waals surface area contributed by atoms with Gasteiger partial charge >= 0.3 is 0 Å². The van der Waals surface area contributed by atoms with E-state index in [4.69, 9.17) is 14.4 Å². The van der Waals surface area contributed by atoms with Gasteiger partial charge in [0.1, 0.15) is 11.2 Å². The molecule has 0 atom stereocenters. The highest BCUT2D eigenvalue weighted by molar-refractivity contribution is 7.26. The molecule has 0 bridgehead atoms. The molecule has 0 saturated heterocycles. The number of thiophene rings is 1. The van der Waals surface area contributed by atoms with E-state index in [0.29, 0.717) is 5.82 Å². The van der Waals surface area contributed by atoms with Gasteiger partial charge in [0, 0.05) is 32.0 Å². The van der Waals surface area contributed by atoms with Crippen LogP contribution in [0.4, 0.5) is 0 Å². The molecule has 0 unspecified atom stereocenters.